The molecular weight excluding hydrogens is 218 g/mol. The van der Waals surface area contributed by atoms with Crippen molar-refractivity contribution in [1.82, 2.24) is 0 Å². The Labute approximate surface area is 101 Å². The highest BCUT2D eigenvalue weighted by Gasteiger charge is 2.30. The summed E-state index contributed by atoms with van der Waals surface area (Å²) in [6, 6.07) is 9.86. The molecule has 0 spiro atoms. The van der Waals surface area contributed by atoms with Crippen LogP contribution < -0.4 is 4.90 Å². The number of nitrogens with zero attached hydrogens (tertiary/aromatic N) is 1. The highest BCUT2D eigenvalue weighted by atomic mass is 32.2. The summed E-state index contributed by atoms with van der Waals surface area (Å²) >= 11 is 1.83. The molecule has 1 fully saturated rings. The Morgan fingerprint density at radius 2 is 1.94 bits per heavy atom. The normalized spacial score (nSPS) is 20.6. The van der Waals surface area contributed by atoms with E-state index in [4.69, 9.17) is 0 Å². The van der Waals surface area contributed by atoms with Crippen LogP contribution in [0.2, 0.25) is 0 Å². The third-order valence-corrected chi connectivity index (χ3v) is 3.84. The van der Waals surface area contributed by atoms with Gasteiger partial charge >= 0.3 is 0 Å². The highest BCUT2D eigenvalue weighted by Crippen LogP contribution is 2.32. The van der Waals surface area contributed by atoms with Crippen LogP contribution >= 0.6 is 11.8 Å². The Hall–Kier alpha value is -0.960. The Balaban J connectivity index is 2.20. The van der Waals surface area contributed by atoms with Crippen LogP contribution in [0.3, 0.4) is 0 Å². The Bertz CT molecular complexity index is 375. The number of carbonyl (C=O) groups is 1. The molecule has 3 heteroatoms. The minimum absolute atomic E-state index is 0.0549. The number of thioether (sulfide) groups is 1. The van der Waals surface area contributed by atoms with Crippen LogP contribution in [0.1, 0.15) is 13.8 Å². The van der Waals surface area contributed by atoms with Crippen molar-refractivity contribution in [2.24, 2.45) is 0 Å². The second kappa shape index (κ2) is 4.50. The van der Waals surface area contributed by atoms with Crippen LogP contribution in [-0.2, 0) is 4.79 Å². The van der Waals surface area contributed by atoms with E-state index in [1.807, 2.05) is 53.4 Å². The summed E-state index contributed by atoms with van der Waals surface area (Å²) < 4.78 is -0.0549. The standard InChI is InChI=1S/C13H16NOS/c1-13(2)10-12(15)14(8-9-16-13)11-6-4-3-5-7-11/h3-7,10H,8-9H2,1-2H3. The first-order valence-electron chi connectivity index (χ1n) is 5.45. The van der Waals surface area contributed by atoms with E-state index in [9.17, 15) is 4.79 Å². The minimum Gasteiger partial charge on any atom is -0.311 e. The van der Waals surface area contributed by atoms with Gasteiger partial charge in [-0.1, -0.05) is 18.2 Å². The van der Waals surface area contributed by atoms with Crippen molar-refractivity contribution in [3.8, 4) is 0 Å². The molecule has 1 radical (unpaired) electrons. The molecule has 0 atom stereocenters. The SMILES string of the molecule is CC1(C)[CH]C(=O)N(c2ccccc2)CCS1. The first-order valence-corrected chi connectivity index (χ1v) is 6.43. The highest BCUT2D eigenvalue weighted by molar-refractivity contribution is 8.00. The van der Waals surface area contributed by atoms with Gasteiger partial charge in [0.2, 0.25) is 5.91 Å². The lowest BCUT2D eigenvalue weighted by molar-refractivity contribution is -0.115. The second-order valence-corrected chi connectivity index (χ2v) is 6.17. The predicted octanol–water partition coefficient (Wildman–Crippen LogP) is 2.75. The minimum atomic E-state index is -0.0549. The van der Waals surface area contributed by atoms with Gasteiger partial charge in [0.15, 0.2) is 0 Å². The van der Waals surface area contributed by atoms with Gasteiger partial charge in [0, 0.05) is 22.7 Å². The summed E-state index contributed by atoms with van der Waals surface area (Å²) in [5.74, 6) is 1.09. The zero-order chi connectivity index (χ0) is 11.6. The molecule has 0 N–H and O–H groups in total. The number of carbonyl (C=O) groups excluding carboxylic acids is 1. The molecule has 1 aliphatic rings. The monoisotopic (exact) mass is 234 g/mol. The molecule has 1 heterocycles. The maximum atomic E-state index is 12.1. The molecule has 1 aliphatic heterocycles. The molecule has 0 aromatic heterocycles. The van der Waals surface area contributed by atoms with Crippen LogP contribution in [0.5, 0.6) is 0 Å². The van der Waals surface area contributed by atoms with Gasteiger partial charge in [0.05, 0.1) is 6.42 Å². The smallest absolute Gasteiger partial charge is 0.232 e. The van der Waals surface area contributed by atoms with Crippen LogP contribution in [-0.4, -0.2) is 23.0 Å². The Morgan fingerprint density at radius 3 is 2.62 bits per heavy atom. The van der Waals surface area contributed by atoms with Crippen molar-refractivity contribution in [3.63, 3.8) is 0 Å². The fraction of sp³-hybridized carbons (Fsp3) is 0.385. The predicted molar refractivity (Wildman–Crippen MR) is 69.6 cm³/mol. The number of benzene rings is 1. The Morgan fingerprint density at radius 1 is 1.25 bits per heavy atom. The molecule has 0 unspecified atom stereocenters. The number of rotatable bonds is 1. The zero-order valence-electron chi connectivity index (χ0n) is 9.64. The third-order valence-electron chi connectivity index (χ3n) is 2.59. The molecule has 85 valence electrons. The first-order chi connectivity index (χ1) is 7.58. The molecule has 1 aromatic rings. The van der Waals surface area contributed by atoms with E-state index in [0.29, 0.717) is 0 Å². The van der Waals surface area contributed by atoms with Gasteiger partial charge in [-0.25, -0.2) is 0 Å². The maximum Gasteiger partial charge on any atom is 0.232 e. The van der Waals surface area contributed by atoms with E-state index in [1.165, 1.54) is 0 Å². The molecule has 16 heavy (non-hydrogen) atoms. The molecule has 0 saturated carbocycles. The molecule has 2 nitrogen and oxygen atoms in total. The van der Waals surface area contributed by atoms with Crippen molar-refractivity contribution in [2.45, 2.75) is 18.6 Å². The van der Waals surface area contributed by atoms with Gasteiger partial charge in [0.1, 0.15) is 0 Å². The van der Waals surface area contributed by atoms with Gasteiger partial charge < -0.3 is 4.90 Å². The van der Waals surface area contributed by atoms with E-state index in [1.54, 1.807) is 0 Å². The van der Waals surface area contributed by atoms with Gasteiger partial charge in [-0.2, -0.15) is 11.8 Å². The first kappa shape index (κ1) is 11.5. The molecule has 2 rings (SSSR count). The van der Waals surface area contributed by atoms with Gasteiger partial charge in [-0.15, -0.1) is 0 Å². The largest absolute Gasteiger partial charge is 0.311 e. The summed E-state index contributed by atoms with van der Waals surface area (Å²) in [5.41, 5.74) is 0.988. The maximum absolute atomic E-state index is 12.1. The summed E-state index contributed by atoms with van der Waals surface area (Å²) in [5, 5.41) is 0. The molecule has 0 aliphatic carbocycles. The Kier molecular flexibility index (Phi) is 3.24. The lowest BCUT2D eigenvalue weighted by Gasteiger charge is -2.21. The van der Waals surface area contributed by atoms with E-state index >= 15 is 0 Å². The quantitative estimate of drug-likeness (QED) is 0.744. The van der Waals surface area contributed by atoms with Crippen molar-refractivity contribution in [2.75, 3.05) is 17.2 Å². The van der Waals surface area contributed by atoms with Gasteiger partial charge in [-0.3, -0.25) is 4.79 Å². The lowest BCUT2D eigenvalue weighted by Crippen LogP contribution is -2.33. The molecule has 1 amide bonds. The average Bonchev–Trinajstić information content (AvgIpc) is 2.37. The van der Waals surface area contributed by atoms with Crippen molar-refractivity contribution in [1.29, 1.82) is 0 Å². The van der Waals surface area contributed by atoms with Crippen molar-refractivity contribution >= 4 is 23.4 Å². The summed E-state index contributed by atoms with van der Waals surface area (Å²) in [4.78, 5) is 13.9. The van der Waals surface area contributed by atoms with Crippen LogP contribution in [0.4, 0.5) is 5.69 Å². The van der Waals surface area contributed by atoms with Crippen molar-refractivity contribution in [3.05, 3.63) is 36.8 Å². The molecule has 1 aromatic carbocycles. The molecule has 0 bridgehead atoms. The number of amides is 1. The molecule has 1 saturated heterocycles. The third kappa shape index (κ3) is 2.59. The fourth-order valence-electron chi connectivity index (χ4n) is 1.79. The van der Waals surface area contributed by atoms with E-state index < -0.39 is 0 Å². The fourth-order valence-corrected chi connectivity index (χ4v) is 2.78. The van der Waals surface area contributed by atoms with E-state index in [-0.39, 0.29) is 10.7 Å². The average molecular weight is 234 g/mol. The topological polar surface area (TPSA) is 20.3 Å². The zero-order valence-corrected chi connectivity index (χ0v) is 10.5. The molecular formula is C13H16NOS. The van der Waals surface area contributed by atoms with Crippen LogP contribution in [0, 0.1) is 6.42 Å². The van der Waals surface area contributed by atoms with Crippen molar-refractivity contribution < 1.29 is 4.79 Å². The van der Waals surface area contributed by atoms with Gasteiger partial charge in [0.25, 0.3) is 0 Å². The summed E-state index contributed by atoms with van der Waals surface area (Å²) in [6.45, 7) is 4.96. The summed E-state index contributed by atoms with van der Waals surface area (Å²) in [6.07, 6.45) is 1.82. The van der Waals surface area contributed by atoms with Gasteiger partial charge in [-0.05, 0) is 26.0 Å². The number of hydrogen-bond acceptors (Lipinski definition) is 2. The summed E-state index contributed by atoms with van der Waals surface area (Å²) in [7, 11) is 0. The number of hydrogen-bond donors (Lipinski definition) is 0. The van der Waals surface area contributed by atoms with E-state index in [0.717, 1.165) is 18.0 Å². The second-order valence-electron chi connectivity index (χ2n) is 4.42. The van der Waals surface area contributed by atoms with Crippen LogP contribution in [0.15, 0.2) is 30.3 Å². The van der Waals surface area contributed by atoms with E-state index in [2.05, 4.69) is 13.8 Å². The number of anilines is 1. The van der Waals surface area contributed by atoms with Crippen LogP contribution in [0.25, 0.3) is 0 Å². The number of para-hydroxylation sites is 1. The lowest BCUT2D eigenvalue weighted by atomic mass is 10.1.